The number of nitrogens with zero attached hydrogens (tertiary/aromatic N) is 2. The summed E-state index contributed by atoms with van der Waals surface area (Å²) in [4.78, 5) is 19.3. The predicted molar refractivity (Wildman–Crippen MR) is 51.2 cm³/mol. The van der Waals surface area contributed by atoms with E-state index >= 15 is 0 Å². The highest BCUT2D eigenvalue weighted by Crippen LogP contribution is 2.33. The molecule has 0 radical (unpaired) electrons. The Morgan fingerprint density at radius 2 is 2.33 bits per heavy atom. The van der Waals surface area contributed by atoms with Crippen LogP contribution < -0.4 is 0 Å². The van der Waals surface area contributed by atoms with Gasteiger partial charge in [-0.05, 0) is 13.8 Å². The Bertz CT molecular complexity index is 415. The average molecular weight is 208 g/mol. The maximum absolute atomic E-state index is 11.2. The summed E-state index contributed by atoms with van der Waals surface area (Å²) in [5.74, 6) is -0.449. The minimum Gasteiger partial charge on any atom is -0.463 e. The van der Waals surface area contributed by atoms with Crippen molar-refractivity contribution in [3.05, 3.63) is 23.3 Å². The number of carbonyl (C=O) groups is 1. The van der Waals surface area contributed by atoms with Crippen molar-refractivity contribution in [2.75, 3.05) is 7.11 Å². The van der Waals surface area contributed by atoms with Crippen molar-refractivity contribution >= 4 is 5.97 Å². The average Bonchev–Trinajstić information content (AvgIpc) is 2.53. The molecule has 0 saturated heterocycles. The molecule has 0 aliphatic carbocycles. The van der Waals surface area contributed by atoms with E-state index in [2.05, 4.69) is 14.7 Å². The highest BCUT2D eigenvalue weighted by atomic mass is 16.5. The molecule has 0 unspecified atom stereocenters. The first-order valence-corrected chi connectivity index (χ1v) is 4.63. The van der Waals surface area contributed by atoms with Crippen LogP contribution in [0.3, 0.4) is 0 Å². The minimum atomic E-state index is -0.527. The summed E-state index contributed by atoms with van der Waals surface area (Å²) in [5, 5.41) is 0. The molecule has 80 valence electrons. The van der Waals surface area contributed by atoms with E-state index in [0.29, 0.717) is 6.61 Å². The topological polar surface area (TPSA) is 61.3 Å². The van der Waals surface area contributed by atoms with Crippen LogP contribution in [0.25, 0.3) is 0 Å². The fourth-order valence-corrected chi connectivity index (χ4v) is 1.55. The van der Waals surface area contributed by atoms with Gasteiger partial charge in [0.1, 0.15) is 5.60 Å². The first-order valence-electron chi connectivity index (χ1n) is 4.63. The molecule has 0 amide bonds. The standard InChI is InChI=1S/C10H12N2O3/c1-10(2)7-6(5-15-10)4-11-8(12-7)9(13)14-3/h4H,5H2,1-3H3. The van der Waals surface area contributed by atoms with E-state index in [0.717, 1.165) is 11.3 Å². The van der Waals surface area contributed by atoms with Crippen molar-refractivity contribution < 1.29 is 14.3 Å². The van der Waals surface area contributed by atoms with Crippen molar-refractivity contribution in [3.8, 4) is 0 Å². The van der Waals surface area contributed by atoms with Gasteiger partial charge in [-0.2, -0.15) is 0 Å². The number of hydrogen-bond acceptors (Lipinski definition) is 5. The molecular weight excluding hydrogens is 196 g/mol. The third-order valence-corrected chi connectivity index (χ3v) is 2.39. The van der Waals surface area contributed by atoms with Gasteiger partial charge < -0.3 is 9.47 Å². The molecule has 0 saturated carbocycles. The third kappa shape index (κ3) is 1.59. The van der Waals surface area contributed by atoms with E-state index in [-0.39, 0.29) is 5.82 Å². The fraction of sp³-hybridized carbons (Fsp3) is 0.500. The van der Waals surface area contributed by atoms with Gasteiger partial charge in [0, 0.05) is 11.8 Å². The Kier molecular flexibility index (Phi) is 2.19. The molecule has 0 bridgehead atoms. The molecule has 5 nitrogen and oxygen atoms in total. The number of methoxy groups -OCH3 is 1. The molecule has 0 N–H and O–H groups in total. The molecule has 0 atom stereocenters. The van der Waals surface area contributed by atoms with Crippen LogP contribution in [0.1, 0.15) is 35.7 Å². The number of esters is 1. The van der Waals surface area contributed by atoms with E-state index in [1.165, 1.54) is 7.11 Å². The monoisotopic (exact) mass is 208 g/mol. The van der Waals surface area contributed by atoms with Crippen LogP contribution in [-0.2, 0) is 21.7 Å². The van der Waals surface area contributed by atoms with Crippen LogP contribution in [0.15, 0.2) is 6.20 Å². The van der Waals surface area contributed by atoms with Crippen LogP contribution in [0.4, 0.5) is 0 Å². The Labute approximate surface area is 87.4 Å². The number of ether oxygens (including phenoxy) is 2. The third-order valence-electron chi connectivity index (χ3n) is 2.39. The molecule has 0 fully saturated rings. The molecule has 1 aliphatic rings. The first-order chi connectivity index (χ1) is 7.04. The Morgan fingerprint density at radius 1 is 1.60 bits per heavy atom. The lowest BCUT2D eigenvalue weighted by atomic mass is 10.0. The molecule has 1 aliphatic heterocycles. The molecule has 15 heavy (non-hydrogen) atoms. The highest BCUT2D eigenvalue weighted by Gasteiger charge is 2.33. The molecule has 5 heteroatoms. The van der Waals surface area contributed by atoms with Gasteiger partial charge in [-0.3, -0.25) is 0 Å². The predicted octanol–water partition coefficient (Wildman–Crippen LogP) is 1.03. The summed E-state index contributed by atoms with van der Waals surface area (Å²) >= 11 is 0. The second-order valence-corrected chi connectivity index (χ2v) is 3.86. The summed E-state index contributed by atoms with van der Waals surface area (Å²) in [7, 11) is 1.31. The van der Waals surface area contributed by atoms with Gasteiger partial charge in [0.2, 0.25) is 5.82 Å². The maximum Gasteiger partial charge on any atom is 0.376 e. The number of hydrogen-bond donors (Lipinski definition) is 0. The van der Waals surface area contributed by atoms with Gasteiger partial charge >= 0.3 is 5.97 Å². The lowest BCUT2D eigenvalue weighted by Crippen LogP contribution is -2.19. The number of carbonyl (C=O) groups excluding carboxylic acids is 1. The second kappa shape index (κ2) is 3.27. The number of aromatic nitrogens is 2. The number of fused-ring (bicyclic) bond motifs is 1. The van der Waals surface area contributed by atoms with Crippen molar-refractivity contribution in [1.82, 2.24) is 9.97 Å². The van der Waals surface area contributed by atoms with Crippen molar-refractivity contribution in [1.29, 1.82) is 0 Å². The van der Waals surface area contributed by atoms with Crippen LogP contribution in [0.2, 0.25) is 0 Å². The smallest absolute Gasteiger partial charge is 0.376 e. The van der Waals surface area contributed by atoms with Gasteiger partial charge in [-0.25, -0.2) is 14.8 Å². The Hall–Kier alpha value is -1.49. The Morgan fingerprint density at radius 3 is 3.00 bits per heavy atom. The molecule has 2 rings (SSSR count). The van der Waals surface area contributed by atoms with Crippen molar-refractivity contribution in [2.24, 2.45) is 0 Å². The zero-order valence-electron chi connectivity index (χ0n) is 8.90. The summed E-state index contributed by atoms with van der Waals surface area (Å²) in [5.41, 5.74) is 1.23. The fourth-order valence-electron chi connectivity index (χ4n) is 1.55. The lowest BCUT2D eigenvalue weighted by molar-refractivity contribution is -0.0102. The molecule has 0 spiro atoms. The second-order valence-electron chi connectivity index (χ2n) is 3.86. The summed E-state index contributed by atoms with van der Waals surface area (Å²) in [6.45, 7) is 4.31. The summed E-state index contributed by atoms with van der Waals surface area (Å²) in [6, 6.07) is 0. The molecule has 2 heterocycles. The van der Waals surface area contributed by atoms with E-state index in [1.807, 2.05) is 13.8 Å². The van der Waals surface area contributed by atoms with Crippen molar-refractivity contribution in [2.45, 2.75) is 26.1 Å². The zero-order valence-corrected chi connectivity index (χ0v) is 8.90. The Balaban J connectivity index is 2.46. The maximum atomic E-state index is 11.2. The minimum absolute atomic E-state index is 0.0785. The quantitative estimate of drug-likeness (QED) is 0.645. The van der Waals surface area contributed by atoms with Crippen LogP contribution in [-0.4, -0.2) is 23.0 Å². The van der Waals surface area contributed by atoms with Crippen LogP contribution in [0.5, 0.6) is 0 Å². The number of rotatable bonds is 1. The molecule has 1 aromatic rings. The van der Waals surface area contributed by atoms with E-state index in [9.17, 15) is 4.79 Å². The van der Waals surface area contributed by atoms with Crippen molar-refractivity contribution in [3.63, 3.8) is 0 Å². The molecule has 0 aromatic carbocycles. The largest absolute Gasteiger partial charge is 0.463 e. The van der Waals surface area contributed by atoms with E-state index in [4.69, 9.17) is 4.74 Å². The highest BCUT2D eigenvalue weighted by molar-refractivity contribution is 5.85. The van der Waals surface area contributed by atoms with Gasteiger partial charge in [-0.15, -0.1) is 0 Å². The first kappa shape index (κ1) is 10.0. The normalized spacial score (nSPS) is 17.3. The lowest BCUT2D eigenvalue weighted by Gasteiger charge is -2.16. The summed E-state index contributed by atoms with van der Waals surface area (Å²) in [6.07, 6.45) is 1.61. The molecular formula is C10H12N2O3. The van der Waals surface area contributed by atoms with Crippen LogP contribution in [0, 0.1) is 0 Å². The molecule has 1 aromatic heterocycles. The van der Waals surface area contributed by atoms with E-state index in [1.54, 1.807) is 6.20 Å². The SMILES string of the molecule is COC(=O)c1ncc2c(n1)C(C)(C)OC2. The zero-order chi connectivity index (χ0) is 11.1. The van der Waals surface area contributed by atoms with Gasteiger partial charge in [0.15, 0.2) is 0 Å². The summed E-state index contributed by atoms with van der Waals surface area (Å²) < 4.78 is 10.1. The van der Waals surface area contributed by atoms with E-state index < -0.39 is 11.6 Å². The van der Waals surface area contributed by atoms with Gasteiger partial charge in [-0.1, -0.05) is 0 Å². The van der Waals surface area contributed by atoms with Gasteiger partial charge in [0.05, 0.1) is 19.4 Å². The van der Waals surface area contributed by atoms with Crippen LogP contribution >= 0.6 is 0 Å². The van der Waals surface area contributed by atoms with Gasteiger partial charge in [0.25, 0.3) is 0 Å².